The number of anilines is 2. The molecule has 0 aliphatic carbocycles. The van der Waals surface area contributed by atoms with Crippen LogP contribution in [0.15, 0.2) is 71.6 Å². The van der Waals surface area contributed by atoms with Gasteiger partial charge in [0.15, 0.2) is 0 Å². The van der Waals surface area contributed by atoms with Crippen molar-refractivity contribution in [3.63, 3.8) is 0 Å². The van der Waals surface area contributed by atoms with Gasteiger partial charge in [0, 0.05) is 36.9 Å². The van der Waals surface area contributed by atoms with Crippen LogP contribution in [-0.4, -0.2) is 17.1 Å². The maximum absolute atomic E-state index is 12.5. The Morgan fingerprint density at radius 2 is 1.47 bits per heavy atom. The van der Waals surface area contributed by atoms with E-state index in [4.69, 9.17) is 34.8 Å². The first-order valence-electron chi connectivity index (χ1n) is 8.91. The van der Waals surface area contributed by atoms with E-state index >= 15 is 0 Å². The molecule has 154 valence electrons. The minimum Gasteiger partial charge on any atom is -0.325 e. The summed E-state index contributed by atoms with van der Waals surface area (Å²) in [6.45, 7) is 1.81. The first-order valence-corrected chi connectivity index (χ1v) is 10.9. The molecule has 3 rings (SSSR count). The SMILES string of the molecule is CC(Sc1ccc(NC(=O)c2cccc(Cl)c2)cc1)C(=O)Nc1cc(Cl)cc(Cl)c1. The molecule has 0 spiro atoms. The van der Waals surface area contributed by atoms with E-state index < -0.39 is 0 Å². The van der Waals surface area contributed by atoms with E-state index in [9.17, 15) is 9.59 Å². The standard InChI is InChI=1S/C22H17Cl3N2O2S/c1-13(21(28)27-19-11-16(24)10-17(25)12-19)30-20-7-5-18(6-8-20)26-22(29)14-3-2-4-15(23)9-14/h2-13H,1H3,(H,26,29)(H,27,28). The Bertz CT molecular complexity index is 1050. The zero-order chi connectivity index (χ0) is 21.7. The predicted molar refractivity (Wildman–Crippen MR) is 126 cm³/mol. The van der Waals surface area contributed by atoms with Gasteiger partial charge in [0.1, 0.15) is 0 Å². The molecule has 0 fully saturated rings. The van der Waals surface area contributed by atoms with Crippen molar-refractivity contribution in [1.82, 2.24) is 0 Å². The van der Waals surface area contributed by atoms with E-state index in [1.807, 2.05) is 12.1 Å². The van der Waals surface area contributed by atoms with Crippen LogP contribution in [0.5, 0.6) is 0 Å². The average Bonchev–Trinajstić information content (AvgIpc) is 2.68. The molecule has 1 atom stereocenters. The zero-order valence-electron chi connectivity index (χ0n) is 15.8. The van der Waals surface area contributed by atoms with Crippen LogP contribution in [0.1, 0.15) is 17.3 Å². The Hall–Kier alpha value is -2.18. The van der Waals surface area contributed by atoms with Crippen LogP contribution in [0.3, 0.4) is 0 Å². The summed E-state index contributed by atoms with van der Waals surface area (Å²) in [4.78, 5) is 25.6. The second-order valence-electron chi connectivity index (χ2n) is 6.40. The number of thioether (sulfide) groups is 1. The fourth-order valence-corrected chi connectivity index (χ4v) is 4.16. The van der Waals surface area contributed by atoms with Gasteiger partial charge >= 0.3 is 0 Å². The Morgan fingerprint density at radius 1 is 0.800 bits per heavy atom. The van der Waals surface area contributed by atoms with Gasteiger partial charge in [-0.25, -0.2) is 0 Å². The van der Waals surface area contributed by atoms with Gasteiger partial charge in [-0.15, -0.1) is 11.8 Å². The number of rotatable bonds is 6. The van der Waals surface area contributed by atoms with Crippen LogP contribution >= 0.6 is 46.6 Å². The fourth-order valence-electron chi connectivity index (χ4n) is 2.58. The summed E-state index contributed by atoms with van der Waals surface area (Å²) in [5, 5.41) is 6.68. The highest BCUT2D eigenvalue weighted by Gasteiger charge is 2.15. The van der Waals surface area contributed by atoms with Crippen molar-refractivity contribution < 1.29 is 9.59 Å². The van der Waals surface area contributed by atoms with Crippen LogP contribution in [0.2, 0.25) is 15.1 Å². The Morgan fingerprint density at radius 3 is 2.10 bits per heavy atom. The maximum atomic E-state index is 12.5. The lowest BCUT2D eigenvalue weighted by molar-refractivity contribution is -0.115. The molecule has 0 aliphatic heterocycles. The van der Waals surface area contributed by atoms with E-state index in [0.29, 0.717) is 32.0 Å². The molecular formula is C22H17Cl3N2O2S. The molecule has 2 amide bonds. The smallest absolute Gasteiger partial charge is 0.255 e. The number of carbonyl (C=O) groups is 2. The minimum absolute atomic E-state index is 0.170. The Kier molecular flexibility index (Phi) is 7.67. The molecule has 4 nitrogen and oxygen atoms in total. The first kappa shape index (κ1) is 22.5. The summed E-state index contributed by atoms with van der Waals surface area (Å²) < 4.78 is 0. The lowest BCUT2D eigenvalue weighted by Gasteiger charge is -2.13. The third kappa shape index (κ3) is 6.41. The van der Waals surface area contributed by atoms with Gasteiger partial charge in [0.05, 0.1) is 5.25 Å². The summed E-state index contributed by atoms with van der Waals surface area (Å²) >= 11 is 19.2. The topological polar surface area (TPSA) is 58.2 Å². The van der Waals surface area contributed by atoms with Gasteiger partial charge in [0.25, 0.3) is 5.91 Å². The summed E-state index contributed by atoms with van der Waals surface area (Å²) in [6, 6.07) is 18.9. The van der Waals surface area contributed by atoms with Crippen molar-refractivity contribution in [1.29, 1.82) is 0 Å². The second-order valence-corrected chi connectivity index (χ2v) is 9.12. The van der Waals surface area contributed by atoms with Gasteiger partial charge in [0.2, 0.25) is 5.91 Å². The van der Waals surface area contributed by atoms with E-state index in [1.165, 1.54) is 11.8 Å². The van der Waals surface area contributed by atoms with Gasteiger partial charge in [-0.3, -0.25) is 9.59 Å². The van der Waals surface area contributed by atoms with Crippen molar-refractivity contribution in [3.8, 4) is 0 Å². The molecule has 0 heterocycles. The van der Waals surface area contributed by atoms with E-state index in [-0.39, 0.29) is 17.1 Å². The normalized spacial score (nSPS) is 11.6. The van der Waals surface area contributed by atoms with Crippen molar-refractivity contribution in [2.24, 2.45) is 0 Å². The second kappa shape index (κ2) is 10.2. The molecule has 3 aromatic rings. The number of benzene rings is 3. The van der Waals surface area contributed by atoms with Gasteiger partial charge < -0.3 is 10.6 Å². The Labute approximate surface area is 193 Å². The molecule has 0 aromatic heterocycles. The molecule has 8 heteroatoms. The Balaban J connectivity index is 1.58. The predicted octanol–water partition coefficient (Wildman–Crippen LogP) is 7.02. The summed E-state index contributed by atoms with van der Waals surface area (Å²) in [5.74, 6) is -0.414. The molecule has 2 N–H and O–H groups in total. The quantitative estimate of drug-likeness (QED) is 0.374. The van der Waals surface area contributed by atoms with Crippen LogP contribution in [0, 0.1) is 0 Å². The lowest BCUT2D eigenvalue weighted by Crippen LogP contribution is -2.22. The average molecular weight is 480 g/mol. The van der Waals surface area contributed by atoms with Crippen LogP contribution in [0.25, 0.3) is 0 Å². The van der Waals surface area contributed by atoms with Gasteiger partial charge in [-0.2, -0.15) is 0 Å². The van der Waals surface area contributed by atoms with E-state index in [1.54, 1.807) is 61.5 Å². The highest BCUT2D eigenvalue weighted by atomic mass is 35.5. The van der Waals surface area contributed by atoms with E-state index in [0.717, 1.165) is 4.90 Å². The fraction of sp³-hybridized carbons (Fsp3) is 0.0909. The number of halogens is 3. The largest absolute Gasteiger partial charge is 0.325 e. The lowest BCUT2D eigenvalue weighted by atomic mass is 10.2. The maximum Gasteiger partial charge on any atom is 0.255 e. The number of carbonyl (C=O) groups excluding carboxylic acids is 2. The minimum atomic E-state index is -0.352. The first-order chi connectivity index (χ1) is 14.3. The zero-order valence-corrected chi connectivity index (χ0v) is 18.9. The molecule has 0 aliphatic rings. The monoisotopic (exact) mass is 478 g/mol. The van der Waals surface area contributed by atoms with Crippen molar-refractivity contribution in [2.75, 3.05) is 10.6 Å². The van der Waals surface area contributed by atoms with Crippen LogP contribution < -0.4 is 10.6 Å². The number of hydrogen-bond donors (Lipinski definition) is 2. The number of hydrogen-bond acceptors (Lipinski definition) is 3. The third-order valence-corrected chi connectivity index (χ3v) is 5.79. The number of nitrogens with one attached hydrogen (secondary N) is 2. The van der Waals surface area contributed by atoms with Crippen molar-refractivity contribution in [3.05, 3.63) is 87.4 Å². The molecular weight excluding hydrogens is 463 g/mol. The molecule has 0 saturated carbocycles. The number of amides is 2. The summed E-state index contributed by atoms with van der Waals surface area (Å²) in [6.07, 6.45) is 0. The highest BCUT2D eigenvalue weighted by Crippen LogP contribution is 2.27. The highest BCUT2D eigenvalue weighted by molar-refractivity contribution is 8.00. The summed E-state index contributed by atoms with van der Waals surface area (Å²) in [5.41, 5.74) is 1.67. The van der Waals surface area contributed by atoms with Gasteiger partial charge in [-0.1, -0.05) is 40.9 Å². The van der Waals surface area contributed by atoms with Crippen molar-refractivity contribution >= 4 is 69.8 Å². The summed E-state index contributed by atoms with van der Waals surface area (Å²) in [7, 11) is 0. The van der Waals surface area contributed by atoms with Gasteiger partial charge in [-0.05, 0) is 67.6 Å². The van der Waals surface area contributed by atoms with Crippen LogP contribution in [-0.2, 0) is 4.79 Å². The molecule has 0 bridgehead atoms. The van der Waals surface area contributed by atoms with E-state index in [2.05, 4.69) is 10.6 Å². The molecule has 30 heavy (non-hydrogen) atoms. The van der Waals surface area contributed by atoms with Crippen molar-refractivity contribution in [2.45, 2.75) is 17.1 Å². The molecule has 0 radical (unpaired) electrons. The third-order valence-electron chi connectivity index (χ3n) is 4.01. The molecule has 1 unspecified atom stereocenters. The molecule has 3 aromatic carbocycles. The molecule has 0 saturated heterocycles. The van der Waals surface area contributed by atoms with Crippen LogP contribution in [0.4, 0.5) is 11.4 Å².